The van der Waals surface area contributed by atoms with E-state index in [9.17, 15) is 4.79 Å². The fourth-order valence-corrected chi connectivity index (χ4v) is 6.43. The number of hydrogen-bond donors (Lipinski definition) is 0. The predicted molar refractivity (Wildman–Crippen MR) is 135 cm³/mol. The summed E-state index contributed by atoms with van der Waals surface area (Å²) in [6.07, 6.45) is 7.41. The van der Waals surface area contributed by atoms with Crippen LogP contribution in [0.25, 0.3) is 0 Å². The molecule has 0 heterocycles. The summed E-state index contributed by atoms with van der Waals surface area (Å²) in [6, 6.07) is 0. The average Bonchev–Trinajstić information content (AvgIpc) is 2.81. The van der Waals surface area contributed by atoms with Gasteiger partial charge in [0.1, 0.15) is 26.0 Å². The molecular formula is C28H50O8. The van der Waals surface area contributed by atoms with Crippen LogP contribution < -0.4 is 0 Å². The number of carbonyl (C=O) groups is 1. The van der Waals surface area contributed by atoms with Gasteiger partial charge >= 0.3 is 5.97 Å². The molecule has 0 saturated heterocycles. The molecule has 4 fully saturated rings. The van der Waals surface area contributed by atoms with E-state index >= 15 is 0 Å². The molecule has 4 aliphatic rings. The van der Waals surface area contributed by atoms with Gasteiger partial charge in [0, 0.05) is 58.3 Å². The van der Waals surface area contributed by atoms with Crippen LogP contribution in [0.3, 0.4) is 0 Å². The lowest BCUT2D eigenvalue weighted by atomic mass is 9.48. The van der Waals surface area contributed by atoms with Gasteiger partial charge in [0.25, 0.3) is 0 Å². The third-order valence-corrected chi connectivity index (χ3v) is 8.00. The lowest BCUT2D eigenvalue weighted by Gasteiger charge is -2.68. The summed E-state index contributed by atoms with van der Waals surface area (Å²) in [6.45, 7) is 14.6. The van der Waals surface area contributed by atoms with Crippen molar-refractivity contribution < 1.29 is 38.0 Å². The first-order valence-electron chi connectivity index (χ1n) is 14.0. The minimum Gasteiger partial charge on any atom is -0.458 e. The van der Waals surface area contributed by atoms with E-state index in [0.717, 1.165) is 19.3 Å². The van der Waals surface area contributed by atoms with Crippen molar-refractivity contribution in [3.05, 3.63) is 0 Å². The molecule has 0 radical (unpaired) electrons. The molecule has 4 bridgehead atoms. The summed E-state index contributed by atoms with van der Waals surface area (Å²) in [5, 5.41) is 0. The fraction of sp³-hybridized carbons (Fsp3) is 0.964. The second-order valence-corrected chi connectivity index (χ2v) is 11.9. The molecule has 0 aromatic heterocycles. The number of hydrogen-bond acceptors (Lipinski definition) is 8. The van der Waals surface area contributed by atoms with Crippen molar-refractivity contribution in [3.63, 3.8) is 0 Å². The first kappa shape index (κ1) is 29.8. The Bertz CT molecular complexity index is 630. The average molecular weight is 515 g/mol. The zero-order valence-electron chi connectivity index (χ0n) is 23.6. The summed E-state index contributed by atoms with van der Waals surface area (Å²) in [5.41, 5.74) is -3.03. The highest BCUT2D eigenvalue weighted by Crippen LogP contribution is 2.65. The van der Waals surface area contributed by atoms with Gasteiger partial charge < -0.3 is 33.2 Å². The number of rotatable bonds is 18. The van der Waals surface area contributed by atoms with E-state index in [-0.39, 0.29) is 26.3 Å². The van der Waals surface area contributed by atoms with Crippen LogP contribution in [0.2, 0.25) is 0 Å². The third-order valence-electron chi connectivity index (χ3n) is 8.00. The maximum atomic E-state index is 13.4. The largest absolute Gasteiger partial charge is 0.458 e. The van der Waals surface area contributed by atoms with Crippen LogP contribution in [-0.4, -0.2) is 68.6 Å². The molecule has 4 rings (SSSR count). The van der Waals surface area contributed by atoms with Crippen LogP contribution >= 0.6 is 0 Å². The molecule has 8 heteroatoms. The van der Waals surface area contributed by atoms with E-state index in [1.807, 2.05) is 20.8 Å². The van der Waals surface area contributed by atoms with Gasteiger partial charge in [0.15, 0.2) is 0 Å². The van der Waals surface area contributed by atoms with Crippen molar-refractivity contribution >= 4 is 5.97 Å². The van der Waals surface area contributed by atoms with Crippen LogP contribution in [0.5, 0.6) is 0 Å². The van der Waals surface area contributed by atoms with Gasteiger partial charge in [-0.25, -0.2) is 0 Å². The maximum Gasteiger partial charge on any atom is 0.312 e. The van der Waals surface area contributed by atoms with E-state index in [1.165, 1.54) is 0 Å². The van der Waals surface area contributed by atoms with Crippen molar-refractivity contribution in [2.75, 3.05) is 40.2 Å². The van der Waals surface area contributed by atoms with Gasteiger partial charge in [-0.2, -0.15) is 0 Å². The van der Waals surface area contributed by atoms with Gasteiger partial charge in [0.2, 0.25) is 0 Å². The van der Waals surface area contributed by atoms with Crippen molar-refractivity contribution in [3.8, 4) is 0 Å². The van der Waals surface area contributed by atoms with Crippen molar-refractivity contribution in [2.45, 2.75) is 128 Å². The van der Waals surface area contributed by atoms with E-state index in [4.69, 9.17) is 33.2 Å². The number of ether oxygens (including phenoxy) is 7. The molecule has 8 nitrogen and oxygen atoms in total. The topological polar surface area (TPSA) is 81.7 Å². The van der Waals surface area contributed by atoms with Gasteiger partial charge in [-0.1, -0.05) is 27.7 Å². The van der Waals surface area contributed by atoms with Crippen LogP contribution in [0.1, 0.15) is 106 Å². The van der Waals surface area contributed by atoms with E-state index in [2.05, 4.69) is 20.8 Å². The molecule has 0 atom stereocenters. The fourth-order valence-electron chi connectivity index (χ4n) is 6.43. The lowest BCUT2D eigenvalue weighted by Crippen LogP contribution is -2.74. The normalized spacial score (nSPS) is 33.3. The molecule has 0 aliphatic heterocycles. The molecule has 36 heavy (non-hydrogen) atoms. The Labute approximate surface area is 218 Å². The highest BCUT2D eigenvalue weighted by molar-refractivity contribution is 5.76. The predicted octanol–water partition coefficient (Wildman–Crippen LogP) is 5.50. The van der Waals surface area contributed by atoms with Crippen LogP contribution in [-0.2, 0) is 38.0 Å². The first-order valence-corrected chi connectivity index (χ1v) is 14.0. The molecule has 0 amide bonds. The van der Waals surface area contributed by atoms with Gasteiger partial charge in [-0.05, 0) is 39.5 Å². The Kier molecular flexibility index (Phi) is 10.3. The van der Waals surface area contributed by atoms with Crippen molar-refractivity contribution in [1.82, 2.24) is 0 Å². The Morgan fingerprint density at radius 3 is 1.25 bits per heavy atom. The standard InChI is InChI=1S/C28H50O8/c1-7-11-30-20-33-25-14-26(34-21-31-12-8-2)16-27(15-25,35-22-32-13-9-3)19-28(17-25,18-26)36-23(29)24(5,6)10-4/h7-22H2,1-6H3. The minimum atomic E-state index is -0.738. The molecule has 0 spiro atoms. The SMILES string of the molecule is CCCOCOC12CC3(OCOCCC)CC(OCOCCC)(C1)CC(OC(=O)C(C)(C)CC)(C2)C3. The summed E-state index contributed by atoms with van der Waals surface area (Å²) in [5.74, 6) is -0.181. The Morgan fingerprint density at radius 2 is 0.944 bits per heavy atom. The van der Waals surface area contributed by atoms with E-state index in [0.29, 0.717) is 64.8 Å². The van der Waals surface area contributed by atoms with Crippen LogP contribution in [0.15, 0.2) is 0 Å². The molecule has 0 N–H and O–H groups in total. The molecule has 4 saturated carbocycles. The molecule has 0 aromatic rings. The third kappa shape index (κ3) is 7.00. The van der Waals surface area contributed by atoms with Crippen LogP contribution in [0.4, 0.5) is 0 Å². The Hall–Kier alpha value is -0.770. The van der Waals surface area contributed by atoms with Gasteiger partial charge in [0.05, 0.1) is 22.2 Å². The molecular weight excluding hydrogens is 464 g/mol. The molecule has 0 unspecified atom stereocenters. The summed E-state index contributed by atoms with van der Waals surface area (Å²) in [4.78, 5) is 13.4. The second-order valence-electron chi connectivity index (χ2n) is 11.9. The van der Waals surface area contributed by atoms with E-state index in [1.54, 1.807) is 0 Å². The van der Waals surface area contributed by atoms with Gasteiger partial charge in [-0.15, -0.1) is 0 Å². The quantitative estimate of drug-likeness (QED) is 0.135. The summed E-state index contributed by atoms with van der Waals surface area (Å²) >= 11 is 0. The van der Waals surface area contributed by atoms with Gasteiger partial charge in [-0.3, -0.25) is 4.79 Å². The zero-order valence-corrected chi connectivity index (χ0v) is 23.6. The van der Waals surface area contributed by atoms with Crippen molar-refractivity contribution in [1.29, 1.82) is 0 Å². The number of esters is 1. The zero-order chi connectivity index (χ0) is 26.3. The number of carbonyl (C=O) groups excluding carboxylic acids is 1. The smallest absolute Gasteiger partial charge is 0.312 e. The van der Waals surface area contributed by atoms with E-state index < -0.39 is 27.8 Å². The Balaban J connectivity index is 1.91. The molecule has 0 aromatic carbocycles. The van der Waals surface area contributed by atoms with Crippen molar-refractivity contribution in [2.24, 2.45) is 5.41 Å². The summed E-state index contributed by atoms with van der Waals surface area (Å²) < 4.78 is 43.2. The highest BCUT2D eigenvalue weighted by Gasteiger charge is 2.72. The summed E-state index contributed by atoms with van der Waals surface area (Å²) in [7, 11) is 0. The second kappa shape index (κ2) is 12.4. The monoisotopic (exact) mass is 514 g/mol. The highest BCUT2D eigenvalue weighted by atomic mass is 16.7. The first-order chi connectivity index (χ1) is 17.1. The molecule has 210 valence electrons. The maximum absolute atomic E-state index is 13.4. The Morgan fingerprint density at radius 1 is 0.611 bits per heavy atom. The van der Waals surface area contributed by atoms with Crippen LogP contribution in [0, 0.1) is 5.41 Å². The lowest BCUT2D eigenvalue weighted by molar-refractivity contribution is -0.352. The minimum absolute atomic E-state index is 0.181. The molecule has 4 aliphatic carbocycles.